The first kappa shape index (κ1) is 29.1. The van der Waals surface area contributed by atoms with Crippen molar-refractivity contribution in [3.05, 3.63) is 42.0 Å². The van der Waals surface area contributed by atoms with Gasteiger partial charge in [0.15, 0.2) is 0 Å². The van der Waals surface area contributed by atoms with E-state index in [1.807, 2.05) is 24.3 Å². The Hall–Kier alpha value is -1.97. The molecule has 1 unspecified atom stereocenters. The second kappa shape index (κ2) is 15.0. The van der Waals surface area contributed by atoms with Gasteiger partial charge in [-0.25, -0.2) is 4.79 Å². The quantitative estimate of drug-likeness (QED) is 0.134. The summed E-state index contributed by atoms with van der Waals surface area (Å²) in [4.78, 5) is 11.8. The van der Waals surface area contributed by atoms with Crippen LogP contribution in [0.4, 0.5) is 0 Å². The Morgan fingerprint density at radius 3 is 1.76 bits per heavy atom. The summed E-state index contributed by atoms with van der Waals surface area (Å²) < 4.78 is 41.3. The molecule has 0 aromatic heterocycles. The fourth-order valence-electron chi connectivity index (χ4n) is 3.09. The highest BCUT2D eigenvalue weighted by molar-refractivity contribution is 5.86. The maximum atomic E-state index is 11.8. The summed E-state index contributed by atoms with van der Waals surface area (Å²) in [5.74, 6) is -3.81. The third kappa shape index (κ3) is 8.39. The maximum Gasteiger partial charge on any atom is 0.414 e. The normalized spacial score (nSPS) is 13.4. The van der Waals surface area contributed by atoms with Crippen molar-refractivity contribution in [2.45, 2.75) is 66.3 Å². The van der Waals surface area contributed by atoms with Gasteiger partial charge in [-0.3, -0.25) is 0 Å². The summed E-state index contributed by atoms with van der Waals surface area (Å²) in [6.45, 7) is 15.3. The van der Waals surface area contributed by atoms with Crippen LogP contribution in [0.1, 0.15) is 53.5 Å². The first-order valence-electron chi connectivity index (χ1n) is 11.6. The van der Waals surface area contributed by atoms with Crippen LogP contribution >= 0.6 is 0 Å². The van der Waals surface area contributed by atoms with E-state index in [2.05, 4.69) is 13.5 Å². The molecular weight excluding hydrogens is 428 g/mol. The van der Waals surface area contributed by atoms with Crippen molar-refractivity contribution in [1.29, 1.82) is 0 Å². The Bertz CT molecular complexity index is 686. The van der Waals surface area contributed by atoms with E-state index >= 15 is 0 Å². The second-order valence-electron chi connectivity index (χ2n) is 7.11. The van der Waals surface area contributed by atoms with Gasteiger partial charge < -0.3 is 33.2 Å². The summed E-state index contributed by atoms with van der Waals surface area (Å²) in [6, 6.07) is 7.62. The molecule has 1 aromatic carbocycles. The zero-order valence-corrected chi connectivity index (χ0v) is 20.9. The molecule has 0 saturated heterocycles. The average Bonchev–Trinajstić information content (AvgIpc) is 2.78. The lowest BCUT2D eigenvalue weighted by Gasteiger charge is -2.45. The van der Waals surface area contributed by atoms with Crippen molar-refractivity contribution in [2.75, 3.05) is 39.6 Å². The third-order valence-electron chi connectivity index (χ3n) is 4.38. The Kier molecular flexibility index (Phi) is 13.2. The van der Waals surface area contributed by atoms with Gasteiger partial charge in [0.1, 0.15) is 12.4 Å². The van der Waals surface area contributed by atoms with Gasteiger partial charge >= 0.3 is 17.9 Å². The molecule has 33 heavy (non-hydrogen) atoms. The monoisotopic (exact) mass is 468 g/mol. The summed E-state index contributed by atoms with van der Waals surface area (Å²) in [5, 5.41) is 0. The average molecular weight is 469 g/mol. The maximum absolute atomic E-state index is 11.8. The molecule has 1 atom stereocenters. The molecule has 0 bridgehead atoms. The summed E-state index contributed by atoms with van der Waals surface area (Å²) in [6.07, 6.45) is 2.00. The number of aryl methyl sites for hydroxylation is 1. The van der Waals surface area contributed by atoms with E-state index in [-0.39, 0.29) is 39.6 Å². The molecule has 0 heterocycles. The van der Waals surface area contributed by atoms with Crippen LogP contribution in [0.25, 0.3) is 0 Å². The highest BCUT2D eigenvalue weighted by Gasteiger charge is 2.62. The molecule has 0 spiro atoms. The van der Waals surface area contributed by atoms with Crippen molar-refractivity contribution in [3.63, 3.8) is 0 Å². The van der Waals surface area contributed by atoms with Gasteiger partial charge in [-0.15, -0.1) is 0 Å². The zero-order valence-electron chi connectivity index (χ0n) is 20.9. The second-order valence-corrected chi connectivity index (χ2v) is 7.11. The van der Waals surface area contributed by atoms with Gasteiger partial charge in [0.25, 0.3) is 0 Å². The lowest BCUT2D eigenvalue weighted by Crippen LogP contribution is -2.66. The molecule has 0 radical (unpaired) electrons. The standard InChI is InChI=1S/C25H40O8/c1-8-13-21-14-16-22(17-15-21)33-25(31-12-5,32-19-18-27-23(26)20(6)7)24(28-9-2,29-10-3)30-11-4/h14-17H,6,8-13,18-19H2,1-5,7H3. The molecule has 0 aliphatic rings. The first-order chi connectivity index (χ1) is 15.8. The highest BCUT2D eigenvalue weighted by Crippen LogP contribution is 2.37. The Morgan fingerprint density at radius 2 is 1.30 bits per heavy atom. The van der Waals surface area contributed by atoms with E-state index in [1.165, 1.54) is 5.56 Å². The van der Waals surface area contributed by atoms with Crippen LogP contribution in [0.5, 0.6) is 5.75 Å². The lowest BCUT2D eigenvalue weighted by molar-refractivity contribution is -0.543. The molecule has 0 aliphatic heterocycles. The molecule has 0 fully saturated rings. The molecule has 0 aliphatic carbocycles. The topological polar surface area (TPSA) is 81.7 Å². The molecule has 188 valence electrons. The summed E-state index contributed by atoms with van der Waals surface area (Å²) in [5.41, 5.74) is 1.48. The van der Waals surface area contributed by atoms with E-state index in [0.717, 1.165) is 12.8 Å². The van der Waals surface area contributed by atoms with E-state index < -0.39 is 17.9 Å². The van der Waals surface area contributed by atoms with Crippen LogP contribution in [-0.2, 0) is 39.6 Å². The number of rotatable bonds is 18. The Morgan fingerprint density at radius 1 is 0.788 bits per heavy atom. The lowest BCUT2D eigenvalue weighted by atomic mass is 10.1. The van der Waals surface area contributed by atoms with E-state index in [1.54, 1.807) is 34.6 Å². The molecule has 0 amide bonds. The summed E-state index contributed by atoms with van der Waals surface area (Å²) in [7, 11) is 0. The van der Waals surface area contributed by atoms with Crippen LogP contribution in [0, 0.1) is 0 Å². The zero-order chi connectivity index (χ0) is 24.7. The van der Waals surface area contributed by atoms with Gasteiger partial charge in [0, 0.05) is 25.4 Å². The Balaban J connectivity index is 3.34. The predicted octanol–water partition coefficient (Wildman–Crippen LogP) is 4.61. The van der Waals surface area contributed by atoms with Crippen LogP contribution in [0.15, 0.2) is 36.4 Å². The minimum Gasteiger partial charge on any atom is -0.460 e. The number of esters is 1. The van der Waals surface area contributed by atoms with Crippen LogP contribution in [0.2, 0.25) is 0 Å². The molecule has 1 aromatic rings. The van der Waals surface area contributed by atoms with Crippen molar-refractivity contribution in [3.8, 4) is 5.75 Å². The fraction of sp³-hybridized carbons (Fsp3) is 0.640. The first-order valence-corrected chi connectivity index (χ1v) is 11.6. The minimum atomic E-state index is -1.94. The fourth-order valence-corrected chi connectivity index (χ4v) is 3.09. The number of carbonyl (C=O) groups excluding carboxylic acids is 1. The van der Waals surface area contributed by atoms with E-state index in [4.69, 9.17) is 33.2 Å². The third-order valence-corrected chi connectivity index (χ3v) is 4.38. The van der Waals surface area contributed by atoms with E-state index in [0.29, 0.717) is 11.3 Å². The SMILES string of the molecule is C=C(C)C(=O)OCCOC(OCC)(Oc1ccc(CCC)cc1)C(OCC)(OCC)OCC. The van der Waals surface area contributed by atoms with Gasteiger partial charge in [0.2, 0.25) is 0 Å². The molecule has 8 nitrogen and oxygen atoms in total. The largest absolute Gasteiger partial charge is 0.460 e. The molecule has 0 saturated carbocycles. The number of carbonyl (C=O) groups is 1. The summed E-state index contributed by atoms with van der Waals surface area (Å²) >= 11 is 0. The van der Waals surface area contributed by atoms with Crippen molar-refractivity contribution < 1.29 is 38.0 Å². The van der Waals surface area contributed by atoms with Gasteiger partial charge in [-0.1, -0.05) is 32.1 Å². The van der Waals surface area contributed by atoms with Crippen LogP contribution < -0.4 is 4.74 Å². The van der Waals surface area contributed by atoms with Gasteiger partial charge in [-0.2, -0.15) is 0 Å². The molecular formula is C25H40O8. The van der Waals surface area contributed by atoms with Crippen molar-refractivity contribution >= 4 is 5.97 Å². The van der Waals surface area contributed by atoms with E-state index in [9.17, 15) is 4.79 Å². The van der Waals surface area contributed by atoms with Crippen molar-refractivity contribution in [2.24, 2.45) is 0 Å². The van der Waals surface area contributed by atoms with Gasteiger partial charge in [0.05, 0.1) is 13.2 Å². The minimum absolute atomic E-state index is 0.0558. The molecule has 1 rings (SSSR count). The number of benzene rings is 1. The molecule has 8 heteroatoms. The Labute approximate surface area is 198 Å². The van der Waals surface area contributed by atoms with Gasteiger partial charge in [-0.05, 0) is 58.7 Å². The number of ether oxygens (including phenoxy) is 7. The predicted molar refractivity (Wildman–Crippen MR) is 125 cm³/mol. The number of hydrogen-bond acceptors (Lipinski definition) is 8. The van der Waals surface area contributed by atoms with Crippen LogP contribution in [0.3, 0.4) is 0 Å². The smallest absolute Gasteiger partial charge is 0.414 e. The number of hydrogen-bond donors (Lipinski definition) is 0. The highest BCUT2D eigenvalue weighted by atomic mass is 17.0. The molecule has 0 N–H and O–H groups in total. The van der Waals surface area contributed by atoms with Crippen LogP contribution in [-0.4, -0.2) is 57.6 Å². The van der Waals surface area contributed by atoms with Crippen molar-refractivity contribution in [1.82, 2.24) is 0 Å².